The number of cyclic esters (lactones) is 2. The van der Waals surface area contributed by atoms with Gasteiger partial charge in [0.1, 0.15) is 18.1 Å². The van der Waals surface area contributed by atoms with Crippen LogP contribution in [0.1, 0.15) is 23.2 Å². The number of benzene rings is 1. The summed E-state index contributed by atoms with van der Waals surface area (Å²) < 4.78 is 15.9. The van der Waals surface area contributed by atoms with Gasteiger partial charge >= 0.3 is 17.9 Å². The minimum atomic E-state index is -0.914. The number of fused-ring (bicyclic) bond motifs is 5. The molecule has 0 spiro atoms. The molecular weight excluding hydrogens is 288 g/mol. The van der Waals surface area contributed by atoms with Gasteiger partial charge in [-0.2, -0.15) is 0 Å². The van der Waals surface area contributed by atoms with E-state index in [1.54, 1.807) is 24.3 Å². The van der Waals surface area contributed by atoms with Crippen molar-refractivity contribution in [3.63, 3.8) is 0 Å². The summed E-state index contributed by atoms with van der Waals surface area (Å²) >= 11 is 0. The third-order valence-corrected chi connectivity index (χ3v) is 4.75. The van der Waals surface area contributed by atoms with Gasteiger partial charge in [0.25, 0.3) is 0 Å². The fourth-order valence-corrected chi connectivity index (χ4v) is 3.75. The highest BCUT2D eigenvalue weighted by Gasteiger charge is 2.69. The van der Waals surface area contributed by atoms with Crippen molar-refractivity contribution in [1.82, 2.24) is 0 Å². The van der Waals surface area contributed by atoms with E-state index in [1.807, 2.05) is 6.07 Å². The minimum absolute atomic E-state index is 0.0409. The lowest BCUT2D eigenvalue weighted by Crippen LogP contribution is -2.44. The van der Waals surface area contributed by atoms with Crippen molar-refractivity contribution < 1.29 is 28.6 Å². The molecule has 3 heterocycles. The number of rotatable bonds is 3. The van der Waals surface area contributed by atoms with Crippen LogP contribution in [0.3, 0.4) is 0 Å². The fourth-order valence-electron chi connectivity index (χ4n) is 3.75. The van der Waals surface area contributed by atoms with E-state index in [9.17, 15) is 14.4 Å². The van der Waals surface area contributed by atoms with E-state index < -0.39 is 35.3 Å². The molecule has 0 aliphatic carbocycles. The second-order valence-electron chi connectivity index (χ2n) is 5.95. The number of esters is 3. The lowest BCUT2D eigenvalue weighted by atomic mass is 9.73. The van der Waals surface area contributed by atoms with Crippen LogP contribution in [0.15, 0.2) is 30.3 Å². The summed E-state index contributed by atoms with van der Waals surface area (Å²) in [5.41, 5.74) is -0.476. The van der Waals surface area contributed by atoms with Crippen LogP contribution in [0.4, 0.5) is 0 Å². The topological polar surface area (TPSA) is 78.9 Å². The Morgan fingerprint density at radius 1 is 1.23 bits per heavy atom. The molecule has 4 unspecified atom stereocenters. The molecule has 3 aliphatic heterocycles. The van der Waals surface area contributed by atoms with Crippen molar-refractivity contribution in [1.29, 1.82) is 0 Å². The van der Waals surface area contributed by atoms with Crippen molar-refractivity contribution in [2.24, 2.45) is 11.8 Å². The van der Waals surface area contributed by atoms with Crippen LogP contribution in [0.25, 0.3) is 0 Å². The summed E-state index contributed by atoms with van der Waals surface area (Å²) in [6, 6.07) is 8.61. The molecule has 1 aromatic carbocycles. The SMILES string of the molecule is O=C(OCC12CCC(O1)C1C(=O)OC(=O)C12)c1ccccc1. The van der Waals surface area contributed by atoms with Crippen LogP contribution in [0.2, 0.25) is 0 Å². The molecule has 1 aromatic rings. The van der Waals surface area contributed by atoms with E-state index in [0.29, 0.717) is 18.4 Å². The molecule has 6 heteroatoms. The molecule has 3 saturated heterocycles. The largest absolute Gasteiger partial charge is 0.459 e. The molecule has 3 fully saturated rings. The third-order valence-electron chi connectivity index (χ3n) is 4.75. The second-order valence-corrected chi connectivity index (χ2v) is 5.95. The van der Waals surface area contributed by atoms with Crippen LogP contribution in [-0.4, -0.2) is 36.2 Å². The van der Waals surface area contributed by atoms with Crippen LogP contribution < -0.4 is 0 Å². The molecular formula is C16H14O6. The standard InChI is InChI=1S/C16H14O6/c17-13(9-4-2-1-3-5-9)20-8-16-7-6-10(22-16)11-12(16)15(19)21-14(11)18/h1-5,10-12H,6-8H2. The highest BCUT2D eigenvalue weighted by molar-refractivity contribution is 5.98. The van der Waals surface area contributed by atoms with E-state index in [4.69, 9.17) is 14.2 Å². The maximum atomic E-state index is 12.1. The lowest BCUT2D eigenvalue weighted by molar-refractivity contribution is -0.160. The number of hydrogen-bond acceptors (Lipinski definition) is 6. The van der Waals surface area contributed by atoms with Gasteiger partial charge in [0, 0.05) is 0 Å². The van der Waals surface area contributed by atoms with E-state index >= 15 is 0 Å². The zero-order valence-corrected chi connectivity index (χ0v) is 11.7. The predicted molar refractivity (Wildman–Crippen MR) is 71.6 cm³/mol. The van der Waals surface area contributed by atoms with Crippen molar-refractivity contribution in [3.05, 3.63) is 35.9 Å². The van der Waals surface area contributed by atoms with Crippen molar-refractivity contribution in [3.8, 4) is 0 Å². The van der Waals surface area contributed by atoms with E-state index in [0.717, 1.165) is 0 Å². The van der Waals surface area contributed by atoms with Gasteiger partial charge in [-0.25, -0.2) is 4.79 Å². The molecule has 6 nitrogen and oxygen atoms in total. The summed E-state index contributed by atoms with van der Waals surface area (Å²) in [7, 11) is 0. The van der Waals surface area contributed by atoms with Gasteiger partial charge in [-0.15, -0.1) is 0 Å². The quantitative estimate of drug-likeness (QED) is 0.614. The molecule has 2 bridgehead atoms. The van der Waals surface area contributed by atoms with Gasteiger partial charge in [0.05, 0.1) is 17.6 Å². The summed E-state index contributed by atoms with van der Waals surface area (Å²) in [6.45, 7) is -0.0409. The maximum absolute atomic E-state index is 12.1. The number of ether oxygens (including phenoxy) is 3. The normalized spacial score (nSPS) is 35.4. The molecule has 0 N–H and O–H groups in total. The zero-order valence-electron chi connectivity index (χ0n) is 11.7. The monoisotopic (exact) mass is 302 g/mol. The maximum Gasteiger partial charge on any atom is 0.338 e. The smallest absolute Gasteiger partial charge is 0.338 e. The van der Waals surface area contributed by atoms with Crippen molar-refractivity contribution in [2.75, 3.05) is 6.61 Å². The Bertz CT molecular complexity index is 654. The summed E-state index contributed by atoms with van der Waals surface area (Å²) in [6.07, 6.45) is 0.954. The number of hydrogen-bond donors (Lipinski definition) is 0. The van der Waals surface area contributed by atoms with Gasteiger partial charge < -0.3 is 14.2 Å². The Kier molecular flexibility index (Phi) is 2.84. The van der Waals surface area contributed by atoms with E-state index in [2.05, 4.69) is 0 Å². The van der Waals surface area contributed by atoms with Crippen LogP contribution in [-0.2, 0) is 23.8 Å². The molecule has 114 valence electrons. The molecule has 0 amide bonds. The van der Waals surface area contributed by atoms with Gasteiger partial charge in [-0.3, -0.25) is 9.59 Å². The summed E-state index contributed by atoms with van der Waals surface area (Å²) in [5, 5.41) is 0. The molecule has 22 heavy (non-hydrogen) atoms. The summed E-state index contributed by atoms with van der Waals surface area (Å²) in [5.74, 6) is -2.74. The van der Waals surface area contributed by atoms with Crippen LogP contribution in [0.5, 0.6) is 0 Å². The molecule has 0 radical (unpaired) electrons. The number of carbonyl (C=O) groups excluding carboxylic acids is 3. The third kappa shape index (κ3) is 1.80. The Balaban J connectivity index is 1.52. The minimum Gasteiger partial charge on any atom is -0.459 e. The number of carbonyl (C=O) groups is 3. The van der Waals surface area contributed by atoms with Crippen molar-refractivity contribution in [2.45, 2.75) is 24.5 Å². The highest BCUT2D eigenvalue weighted by atomic mass is 16.6. The Morgan fingerprint density at radius 2 is 2.00 bits per heavy atom. The second kappa shape index (κ2) is 4.64. The molecule has 0 saturated carbocycles. The average Bonchev–Trinajstić information content (AvgIpc) is 3.18. The Labute approximate surface area is 126 Å². The lowest BCUT2D eigenvalue weighted by Gasteiger charge is -2.28. The van der Waals surface area contributed by atoms with Crippen LogP contribution in [0, 0.1) is 11.8 Å². The van der Waals surface area contributed by atoms with E-state index in [-0.39, 0.29) is 12.7 Å². The van der Waals surface area contributed by atoms with Gasteiger partial charge in [-0.05, 0) is 25.0 Å². The van der Waals surface area contributed by atoms with E-state index in [1.165, 1.54) is 0 Å². The summed E-state index contributed by atoms with van der Waals surface area (Å²) in [4.78, 5) is 35.7. The predicted octanol–water partition coefficient (Wildman–Crippen LogP) is 1.09. The first-order valence-electron chi connectivity index (χ1n) is 7.26. The average molecular weight is 302 g/mol. The highest BCUT2D eigenvalue weighted by Crippen LogP contribution is 2.54. The first kappa shape index (κ1) is 13.5. The van der Waals surface area contributed by atoms with Crippen molar-refractivity contribution >= 4 is 17.9 Å². The Hall–Kier alpha value is -2.21. The zero-order chi connectivity index (χ0) is 15.3. The van der Waals surface area contributed by atoms with Gasteiger partial charge in [-0.1, -0.05) is 18.2 Å². The van der Waals surface area contributed by atoms with Gasteiger partial charge in [0.15, 0.2) is 0 Å². The Morgan fingerprint density at radius 3 is 2.77 bits per heavy atom. The first-order chi connectivity index (χ1) is 10.6. The molecule has 4 rings (SSSR count). The molecule has 3 aliphatic rings. The fraction of sp³-hybridized carbons (Fsp3) is 0.438. The molecule has 0 aromatic heterocycles. The first-order valence-corrected chi connectivity index (χ1v) is 7.26. The van der Waals surface area contributed by atoms with Crippen LogP contribution >= 0.6 is 0 Å². The molecule has 4 atom stereocenters. The van der Waals surface area contributed by atoms with Gasteiger partial charge in [0.2, 0.25) is 0 Å².